The fourth-order valence-electron chi connectivity index (χ4n) is 1.46. The summed E-state index contributed by atoms with van der Waals surface area (Å²) in [5.41, 5.74) is 0.650. The zero-order valence-corrected chi connectivity index (χ0v) is 12.0. The van der Waals surface area contributed by atoms with Crippen LogP contribution in [0.15, 0.2) is 18.2 Å². The van der Waals surface area contributed by atoms with Crippen LogP contribution in [0.1, 0.15) is 6.92 Å². The Labute approximate surface area is 121 Å². The van der Waals surface area contributed by atoms with Crippen molar-refractivity contribution in [2.45, 2.75) is 13.0 Å². The van der Waals surface area contributed by atoms with E-state index in [0.717, 1.165) is 0 Å². The van der Waals surface area contributed by atoms with E-state index in [0.29, 0.717) is 15.7 Å². The minimum atomic E-state index is -0.778. The van der Waals surface area contributed by atoms with Crippen LogP contribution in [0.3, 0.4) is 0 Å². The number of rotatable bonds is 5. The van der Waals surface area contributed by atoms with Gasteiger partial charge in [-0.05, 0) is 18.2 Å². The molecule has 1 rings (SSSR count). The second-order valence-electron chi connectivity index (χ2n) is 3.82. The molecule has 0 heterocycles. The number of hydrogen-bond donors (Lipinski definition) is 2. The van der Waals surface area contributed by atoms with Gasteiger partial charge in [-0.3, -0.25) is 4.79 Å². The number of nitrogens with one attached hydrogen (secondary N) is 2. The van der Waals surface area contributed by atoms with Crippen molar-refractivity contribution in [1.82, 2.24) is 5.32 Å². The first-order valence-electron chi connectivity index (χ1n) is 5.47. The van der Waals surface area contributed by atoms with E-state index in [1.807, 2.05) is 0 Å². The van der Waals surface area contributed by atoms with Gasteiger partial charge in [0.15, 0.2) is 0 Å². The predicted molar refractivity (Wildman–Crippen MR) is 74.6 cm³/mol. The Morgan fingerprint density at radius 1 is 1.26 bits per heavy atom. The highest BCUT2D eigenvalue weighted by atomic mass is 35.5. The smallest absolute Gasteiger partial charge is 0.330 e. The van der Waals surface area contributed by atoms with E-state index < -0.39 is 12.0 Å². The summed E-state index contributed by atoms with van der Waals surface area (Å²) in [4.78, 5) is 22.5. The Bertz CT molecular complexity index is 460. The highest BCUT2D eigenvalue weighted by Crippen LogP contribution is 2.22. The Kier molecular flexibility index (Phi) is 5.92. The second-order valence-corrected chi connectivity index (χ2v) is 4.69. The summed E-state index contributed by atoms with van der Waals surface area (Å²) in [7, 11) is 1.26. The van der Waals surface area contributed by atoms with Gasteiger partial charge in [0.1, 0.15) is 6.04 Å². The molecular weight excluding hydrogens is 291 g/mol. The van der Waals surface area contributed by atoms with E-state index in [1.54, 1.807) is 18.2 Å². The third-order valence-electron chi connectivity index (χ3n) is 2.24. The van der Waals surface area contributed by atoms with Crippen LogP contribution in [0.25, 0.3) is 0 Å². The molecule has 0 aliphatic carbocycles. The lowest BCUT2D eigenvalue weighted by atomic mass is 10.2. The van der Waals surface area contributed by atoms with Gasteiger partial charge in [0, 0.05) is 29.2 Å². The first-order chi connectivity index (χ1) is 8.92. The SMILES string of the molecule is COC(=O)C(CNc1cc(Cl)cc(Cl)c1)NC(C)=O. The average molecular weight is 305 g/mol. The largest absolute Gasteiger partial charge is 0.467 e. The molecule has 1 amide bonds. The van der Waals surface area contributed by atoms with E-state index >= 15 is 0 Å². The zero-order chi connectivity index (χ0) is 14.4. The monoisotopic (exact) mass is 304 g/mol. The Balaban J connectivity index is 2.69. The van der Waals surface area contributed by atoms with Gasteiger partial charge in [0.25, 0.3) is 0 Å². The number of anilines is 1. The van der Waals surface area contributed by atoms with Crippen LogP contribution in [0.4, 0.5) is 5.69 Å². The van der Waals surface area contributed by atoms with Crippen molar-refractivity contribution in [1.29, 1.82) is 0 Å². The number of amides is 1. The molecule has 1 unspecified atom stereocenters. The molecule has 1 aromatic rings. The number of esters is 1. The number of halogens is 2. The maximum atomic E-state index is 11.5. The number of hydrogen-bond acceptors (Lipinski definition) is 4. The molecule has 0 radical (unpaired) electrons. The van der Waals surface area contributed by atoms with Crippen molar-refractivity contribution in [2.75, 3.05) is 19.0 Å². The van der Waals surface area contributed by atoms with Gasteiger partial charge >= 0.3 is 5.97 Å². The van der Waals surface area contributed by atoms with Crippen molar-refractivity contribution in [3.8, 4) is 0 Å². The summed E-state index contributed by atoms with van der Waals surface area (Å²) in [5, 5.41) is 6.40. The molecule has 1 aromatic carbocycles. The van der Waals surface area contributed by atoms with Gasteiger partial charge in [-0.25, -0.2) is 4.79 Å². The Hall–Kier alpha value is -1.46. The lowest BCUT2D eigenvalue weighted by Gasteiger charge is -2.17. The molecule has 0 aliphatic heterocycles. The van der Waals surface area contributed by atoms with Gasteiger partial charge in [-0.15, -0.1) is 0 Å². The second kappa shape index (κ2) is 7.21. The highest BCUT2D eigenvalue weighted by Gasteiger charge is 2.19. The summed E-state index contributed by atoms with van der Waals surface area (Å²) in [5.74, 6) is -0.850. The van der Waals surface area contributed by atoms with Crippen LogP contribution in [0.2, 0.25) is 10.0 Å². The average Bonchev–Trinajstić information content (AvgIpc) is 2.31. The van der Waals surface area contributed by atoms with E-state index in [1.165, 1.54) is 14.0 Å². The third kappa shape index (κ3) is 5.36. The van der Waals surface area contributed by atoms with Crippen molar-refractivity contribution >= 4 is 40.8 Å². The molecule has 104 valence electrons. The number of benzene rings is 1. The van der Waals surface area contributed by atoms with E-state index in [4.69, 9.17) is 23.2 Å². The standard InChI is InChI=1S/C12H14Cl2N2O3/c1-7(17)16-11(12(18)19-2)6-15-10-4-8(13)3-9(14)5-10/h3-5,11,15H,6H2,1-2H3,(H,16,17). The Morgan fingerprint density at radius 2 is 1.84 bits per heavy atom. The van der Waals surface area contributed by atoms with Crippen molar-refractivity contribution in [2.24, 2.45) is 0 Å². The fourth-order valence-corrected chi connectivity index (χ4v) is 1.98. The van der Waals surface area contributed by atoms with Crippen molar-refractivity contribution in [3.05, 3.63) is 28.2 Å². The molecule has 0 spiro atoms. The van der Waals surface area contributed by atoms with Gasteiger partial charge in [-0.1, -0.05) is 23.2 Å². The van der Waals surface area contributed by atoms with E-state index in [2.05, 4.69) is 15.4 Å². The normalized spacial score (nSPS) is 11.6. The van der Waals surface area contributed by atoms with Gasteiger partial charge in [0.05, 0.1) is 7.11 Å². The molecule has 0 saturated heterocycles. The van der Waals surface area contributed by atoms with Crippen LogP contribution >= 0.6 is 23.2 Å². The maximum absolute atomic E-state index is 11.5. The summed E-state index contributed by atoms with van der Waals surface area (Å²) in [6, 6.07) is 4.14. The predicted octanol–water partition coefficient (Wildman–Crippen LogP) is 2.08. The topological polar surface area (TPSA) is 67.4 Å². The summed E-state index contributed by atoms with van der Waals surface area (Å²) in [6.45, 7) is 1.50. The number of methoxy groups -OCH3 is 1. The van der Waals surface area contributed by atoms with Crippen LogP contribution in [0.5, 0.6) is 0 Å². The molecule has 0 bridgehead atoms. The number of ether oxygens (including phenoxy) is 1. The molecule has 5 nitrogen and oxygen atoms in total. The van der Waals surface area contributed by atoms with Crippen LogP contribution in [-0.4, -0.2) is 31.6 Å². The highest BCUT2D eigenvalue weighted by molar-refractivity contribution is 6.35. The minimum Gasteiger partial charge on any atom is -0.467 e. The fraction of sp³-hybridized carbons (Fsp3) is 0.333. The van der Waals surface area contributed by atoms with Crippen LogP contribution in [0, 0.1) is 0 Å². The molecule has 1 atom stereocenters. The molecular formula is C12H14Cl2N2O3. The van der Waals surface area contributed by atoms with E-state index in [9.17, 15) is 9.59 Å². The first-order valence-corrected chi connectivity index (χ1v) is 6.23. The molecule has 2 N–H and O–H groups in total. The quantitative estimate of drug-likeness (QED) is 0.817. The molecule has 7 heteroatoms. The minimum absolute atomic E-state index is 0.170. The molecule has 0 saturated carbocycles. The van der Waals surface area contributed by atoms with Gasteiger partial charge < -0.3 is 15.4 Å². The maximum Gasteiger partial charge on any atom is 0.330 e. The van der Waals surface area contributed by atoms with Gasteiger partial charge in [-0.2, -0.15) is 0 Å². The van der Waals surface area contributed by atoms with Crippen LogP contribution < -0.4 is 10.6 Å². The van der Waals surface area contributed by atoms with E-state index in [-0.39, 0.29) is 12.5 Å². The third-order valence-corrected chi connectivity index (χ3v) is 2.67. The number of carbonyl (C=O) groups is 2. The molecule has 0 fully saturated rings. The van der Waals surface area contributed by atoms with Crippen molar-refractivity contribution in [3.63, 3.8) is 0 Å². The lowest BCUT2D eigenvalue weighted by molar-refractivity contribution is -0.144. The van der Waals surface area contributed by atoms with Crippen molar-refractivity contribution < 1.29 is 14.3 Å². The molecule has 19 heavy (non-hydrogen) atoms. The Morgan fingerprint density at radius 3 is 2.32 bits per heavy atom. The first kappa shape index (κ1) is 15.6. The lowest BCUT2D eigenvalue weighted by Crippen LogP contribution is -2.45. The number of carbonyl (C=O) groups excluding carboxylic acids is 2. The summed E-state index contributed by atoms with van der Waals surface area (Å²) < 4.78 is 4.60. The van der Waals surface area contributed by atoms with Gasteiger partial charge in [0.2, 0.25) is 5.91 Å². The zero-order valence-electron chi connectivity index (χ0n) is 10.5. The molecule has 0 aromatic heterocycles. The molecule has 0 aliphatic rings. The summed E-state index contributed by atoms with van der Waals surface area (Å²) in [6.07, 6.45) is 0. The summed E-state index contributed by atoms with van der Waals surface area (Å²) >= 11 is 11.7. The van der Waals surface area contributed by atoms with Crippen LogP contribution in [-0.2, 0) is 14.3 Å².